The minimum atomic E-state index is 0.152. The predicted octanol–water partition coefficient (Wildman–Crippen LogP) is 3.09. The number of benzene rings is 1. The van der Waals surface area contributed by atoms with E-state index in [2.05, 4.69) is 56.1 Å². The van der Waals surface area contributed by atoms with Gasteiger partial charge in [-0.1, -0.05) is 12.1 Å². The highest BCUT2D eigenvalue weighted by Crippen LogP contribution is 2.28. The van der Waals surface area contributed by atoms with E-state index in [0.717, 1.165) is 26.1 Å². The van der Waals surface area contributed by atoms with Gasteiger partial charge in [-0.15, -0.1) is 0 Å². The normalized spacial score (nSPS) is 19.3. The van der Waals surface area contributed by atoms with Crippen LogP contribution in [-0.4, -0.2) is 30.3 Å². The van der Waals surface area contributed by atoms with Crippen LogP contribution in [0.15, 0.2) is 18.2 Å². The lowest BCUT2D eigenvalue weighted by Crippen LogP contribution is -2.35. The van der Waals surface area contributed by atoms with Crippen LogP contribution in [0.3, 0.4) is 0 Å². The summed E-state index contributed by atoms with van der Waals surface area (Å²) in [5.41, 5.74) is 4.21. The monoisotopic (exact) mass is 290 g/mol. The summed E-state index contributed by atoms with van der Waals surface area (Å²) in [6.45, 7) is 12.2. The molecule has 1 unspecified atom stereocenters. The first-order valence-electron chi connectivity index (χ1n) is 8.09. The van der Waals surface area contributed by atoms with E-state index in [1.54, 1.807) is 0 Å². The van der Waals surface area contributed by atoms with Crippen LogP contribution < -0.4 is 10.2 Å². The molecule has 0 saturated carbocycles. The third-order valence-corrected chi connectivity index (χ3v) is 4.25. The van der Waals surface area contributed by atoms with Gasteiger partial charge in [0.25, 0.3) is 0 Å². The number of anilines is 1. The molecule has 1 aliphatic heterocycles. The lowest BCUT2D eigenvalue weighted by atomic mass is 10.1. The second-order valence-electron chi connectivity index (χ2n) is 7.34. The molecule has 2 rings (SSSR count). The molecule has 0 radical (unpaired) electrons. The van der Waals surface area contributed by atoms with Crippen molar-refractivity contribution in [3.05, 3.63) is 29.3 Å². The van der Waals surface area contributed by atoms with Gasteiger partial charge in [-0.2, -0.15) is 0 Å². The van der Waals surface area contributed by atoms with E-state index in [0.29, 0.717) is 12.5 Å². The van der Waals surface area contributed by atoms with Gasteiger partial charge in [0.1, 0.15) is 0 Å². The maximum atomic E-state index is 9.07. The third kappa shape index (κ3) is 4.72. The quantitative estimate of drug-likeness (QED) is 0.875. The number of aliphatic hydroxyl groups excluding tert-OH is 1. The third-order valence-electron chi connectivity index (χ3n) is 4.25. The van der Waals surface area contributed by atoms with E-state index in [1.807, 2.05) is 0 Å². The first-order chi connectivity index (χ1) is 9.89. The average molecular weight is 290 g/mol. The van der Waals surface area contributed by atoms with Crippen LogP contribution in [0.2, 0.25) is 0 Å². The molecule has 118 valence electrons. The molecule has 0 aromatic heterocycles. The molecule has 1 aromatic carbocycles. The second-order valence-corrected chi connectivity index (χ2v) is 7.34. The van der Waals surface area contributed by atoms with Gasteiger partial charge in [0.2, 0.25) is 0 Å². The summed E-state index contributed by atoms with van der Waals surface area (Å²) in [4.78, 5) is 2.47. The number of rotatable bonds is 5. The summed E-state index contributed by atoms with van der Waals surface area (Å²) in [5, 5.41) is 12.6. The molecule has 0 bridgehead atoms. The first kappa shape index (κ1) is 16.3. The lowest BCUT2D eigenvalue weighted by molar-refractivity contribution is 0.263. The highest BCUT2D eigenvalue weighted by molar-refractivity contribution is 5.55. The molecule has 1 aromatic rings. The van der Waals surface area contributed by atoms with Crippen molar-refractivity contribution in [1.82, 2.24) is 5.32 Å². The molecule has 3 nitrogen and oxygen atoms in total. The topological polar surface area (TPSA) is 35.5 Å². The van der Waals surface area contributed by atoms with Gasteiger partial charge < -0.3 is 15.3 Å². The van der Waals surface area contributed by atoms with E-state index < -0.39 is 0 Å². The summed E-state index contributed by atoms with van der Waals surface area (Å²) in [5.74, 6) is 0.650. The van der Waals surface area contributed by atoms with Crippen molar-refractivity contribution in [3.63, 3.8) is 0 Å². The zero-order chi connectivity index (χ0) is 15.5. The molecule has 1 aliphatic rings. The van der Waals surface area contributed by atoms with Gasteiger partial charge in [-0.25, -0.2) is 0 Å². The summed E-state index contributed by atoms with van der Waals surface area (Å²) in [6.07, 6.45) is 2.14. The Labute approximate surface area is 129 Å². The Hall–Kier alpha value is -1.06. The minimum absolute atomic E-state index is 0.152. The van der Waals surface area contributed by atoms with Crippen LogP contribution in [0.1, 0.15) is 44.7 Å². The van der Waals surface area contributed by atoms with Gasteiger partial charge >= 0.3 is 0 Å². The molecule has 1 saturated heterocycles. The average Bonchev–Trinajstić information content (AvgIpc) is 2.84. The van der Waals surface area contributed by atoms with E-state index in [4.69, 9.17) is 5.11 Å². The molecule has 2 N–H and O–H groups in total. The van der Waals surface area contributed by atoms with Crippen molar-refractivity contribution in [2.75, 3.05) is 24.6 Å². The fraction of sp³-hybridized carbons (Fsp3) is 0.667. The Morgan fingerprint density at radius 2 is 2.10 bits per heavy atom. The summed E-state index contributed by atoms with van der Waals surface area (Å²) in [7, 11) is 0. The molecule has 0 aliphatic carbocycles. The first-order valence-corrected chi connectivity index (χ1v) is 8.09. The molecule has 1 heterocycles. The van der Waals surface area contributed by atoms with Crippen molar-refractivity contribution in [3.8, 4) is 0 Å². The fourth-order valence-corrected chi connectivity index (χ4v) is 3.02. The summed E-state index contributed by atoms with van der Waals surface area (Å²) in [6, 6.07) is 6.80. The summed E-state index contributed by atoms with van der Waals surface area (Å²) < 4.78 is 0. The Bertz CT molecular complexity index is 465. The van der Waals surface area contributed by atoms with Gasteiger partial charge in [0.05, 0.1) is 0 Å². The zero-order valence-corrected chi connectivity index (χ0v) is 13.9. The van der Waals surface area contributed by atoms with E-state index in [1.165, 1.54) is 23.2 Å². The lowest BCUT2D eigenvalue weighted by Gasteiger charge is -2.23. The number of hydrogen-bond donors (Lipinski definition) is 2. The number of aliphatic hydroxyl groups is 1. The zero-order valence-electron chi connectivity index (χ0n) is 13.9. The molecule has 0 amide bonds. The molecule has 1 atom stereocenters. The van der Waals surface area contributed by atoms with Gasteiger partial charge in [-0.3, -0.25) is 0 Å². The Balaban J connectivity index is 1.99. The second kappa shape index (κ2) is 6.80. The number of nitrogens with one attached hydrogen (secondary N) is 1. The van der Waals surface area contributed by atoms with Crippen molar-refractivity contribution in [1.29, 1.82) is 0 Å². The molecule has 0 spiro atoms. The van der Waals surface area contributed by atoms with E-state index >= 15 is 0 Å². The molecular formula is C18H30N2O. The van der Waals surface area contributed by atoms with Crippen molar-refractivity contribution in [2.45, 2.75) is 52.6 Å². The van der Waals surface area contributed by atoms with Gasteiger partial charge in [0, 0.05) is 37.5 Å². The number of nitrogens with zero attached hydrogens (tertiary/aromatic N) is 1. The van der Waals surface area contributed by atoms with Crippen LogP contribution in [0, 0.1) is 12.8 Å². The minimum Gasteiger partial charge on any atom is -0.396 e. The van der Waals surface area contributed by atoms with Crippen LogP contribution in [0.5, 0.6) is 0 Å². The Morgan fingerprint density at radius 1 is 1.33 bits per heavy atom. The standard InChI is InChI=1S/C18H30N2O/c1-14-11-16(12-19-18(2,3)4)5-6-17(14)20-9-7-15(13-20)8-10-21/h5-6,11,15,19,21H,7-10,12-13H2,1-4H3. The van der Waals surface area contributed by atoms with Crippen molar-refractivity contribution in [2.24, 2.45) is 5.92 Å². The molecule has 1 fully saturated rings. The maximum Gasteiger partial charge on any atom is 0.0434 e. The van der Waals surface area contributed by atoms with Crippen LogP contribution >= 0.6 is 0 Å². The largest absolute Gasteiger partial charge is 0.396 e. The van der Waals surface area contributed by atoms with E-state index in [9.17, 15) is 0 Å². The Morgan fingerprint density at radius 3 is 2.71 bits per heavy atom. The van der Waals surface area contributed by atoms with Crippen LogP contribution in [-0.2, 0) is 6.54 Å². The summed E-state index contributed by atoms with van der Waals surface area (Å²) >= 11 is 0. The van der Waals surface area contributed by atoms with Crippen molar-refractivity contribution >= 4 is 5.69 Å². The SMILES string of the molecule is Cc1cc(CNC(C)(C)C)ccc1N1CCC(CCO)C1. The Kier molecular flexibility index (Phi) is 5.28. The van der Waals surface area contributed by atoms with Crippen molar-refractivity contribution < 1.29 is 5.11 Å². The predicted molar refractivity (Wildman–Crippen MR) is 89.8 cm³/mol. The van der Waals surface area contributed by atoms with E-state index in [-0.39, 0.29) is 5.54 Å². The molecular weight excluding hydrogens is 260 g/mol. The van der Waals surface area contributed by atoms with Crippen LogP contribution in [0.4, 0.5) is 5.69 Å². The molecule has 3 heteroatoms. The smallest absolute Gasteiger partial charge is 0.0434 e. The molecule has 21 heavy (non-hydrogen) atoms. The number of aryl methyl sites for hydroxylation is 1. The highest BCUT2D eigenvalue weighted by Gasteiger charge is 2.23. The van der Waals surface area contributed by atoms with Gasteiger partial charge in [0.15, 0.2) is 0 Å². The number of hydrogen-bond acceptors (Lipinski definition) is 3. The maximum absolute atomic E-state index is 9.07. The highest BCUT2D eigenvalue weighted by atomic mass is 16.3. The van der Waals surface area contributed by atoms with Crippen LogP contribution in [0.25, 0.3) is 0 Å². The fourth-order valence-electron chi connectivity index (χ4n) is 3.02. The van der Waals surface area contributed by atoms with Gasteiger partial charge in [-0.05, 0) is 63.6 Å².